The van der Waals surface area contributed by atoms with Gasteiger partial charge in [-0.3, -0.25) is 4.79 Å². The molecule has 0 saturated heterocycles. The quantitative estimate of drug-likeness (QED) is 0.685. The van der Waals surface area contributed by atoms with E-state index in [4.69, 9.17) is 4.74 Å². The van der Waals surface area contributed by atoms with Crippen molar-refractivity contribution in [1.29, 1.82) is 0 Å². The second-order valence-electron chi connectivity index (χ2n) is 4.89. The highest BCUT2D eigenvalue weighted by molar-refractivity contribution is 5.72. The molecule has 1 rings (SSSR count). The van der Waals surface area contributed by atoms with Crippen molar-refractivity contribution in [3.63, 3.8) is 0 Å². The lowest BCUT2D eigenvalue weighted by molar-refractivity contribution is -0.145. The van der Waals surface area contributed by atoms with Crippen molar-refractivity contribution < 1.29 is 9.53 Å². The topological polar surface area (TPSA) is 38.3 Å². The maximum absolute atomic E-state index is 11.5. The highest BCUT2D eigenvalue weighted by Crippen LogP contribution is 2.19. The van der Waals surface area contributed by atoms with Crippen molar-refractivity contribution in [2.24, 2.45) is 11.8 Å². The third-order valence-corrected chi connectivity index (χ3v) is 3.05. The van der Waals surface area contributed by atoms with Gasteiger partial charge in [0.25, 0.3) is 0 Å². The molecule has 1 unspecified atom stereocenters. The molecule has 0 aromatic carbocycles. The Labute approximate surface area is 92.6 Å². The van der Waals surface area contributed by atoms with Crippen molar-refractivity contribution in [3.05, 3.63) is 0 Å². The molecule has 0 aromatic heterocycles. The van der Waals surface area contributed by atoms with Gasteiger partial charge in [-0.15, -0.1) is 0 Å². The van der Waals surface area contributed by atoms with Gasteiger partial charge in [-0.25, -0.2) is 0 Å². The number of rotatable bonds is 6. The second-order valence-corrected chi connectivity index (χ2v) is 4.89. The van der Waals surface area contributed by atoms with Crippen molar-refractivity contribution >= 4 is 5.97 Å². The molecule has 0 radical (unpaired) electrons. The lowest BCUT2D eigenvalue weighted by atomic mass is 9.91. The van der Waals surface area contributed by atoms with Gasteiger partial charge in [0.2, 0.25) is 0 Å². The zero-order chi connectivity index (χ0) is 11.3. The van der Waals surface area contributed by atoms with Gasteiger partial charge in [0.1, 0.15) is 0 Å². The number of hydrogen-bond donors (Lipinski definition) is 1. The first-order valence-electron chi connectivity index (χ1n) is 5.94. The van der Waals surface area contributed by atoms with E-state index in [1.54, 1.807) is 0 Å². The number of ether oxygens (including phenoxy) is 1. The van der Waals surface area contributed by atoms with E-state index >= 15 is 0 Å². The summed E-state index contributed by atoms with van der Waals surface area (Å²) >= 11 is 0. The minimum Gasteiger partial charge on any atom is -0.469 e. The molecule has 3 nitrogen and oxygen atoms in total. The molecule has 1 aliphatic rings. The van der Waals surface area contributed by atoms with Crippen LogP contribution < -0.4 is 5.32 Å². The Balaban J connectivity index is 2.29. The zero-order valence-electron chi connectivity index (χ0n) is 10.1. The van der Waals surface area contributed by atoms with E-state index in [0.717, 1.165) is 13.0 Å². The van der Waals surface area contributed by atoms with Crippen LogP contribution in [0.4, 0.5) is 0 Å². The molecule has 1 saturated carbocycles. The van der Waals surface area contributed by atoms with Crippen LogP contribution in [0.2, 0.25) is 0 Å². The molecule has 1 N–H and O–H groups in total. The molecule has 1 aliphatic carbocycles. The zero-order valence-corrected chi connectivity index (χ0v) is 10.1. The number of carbonyl (C=O) groups excluding carboxylic acids is 1. The van der Waals surface area contributed by atoms with Gasteiger partial charge >= 0.3 is 5.97 Å². The van der Waals surface area contributed by atoms with Crippen LogP contribution in [-0.2, 0) is 9.53 Å². The number of esters is 1. The number of hydrogen-bond acceptors (Lipinski definition) is 3. The van der Waals surface area contributed by atoms with Crippen LogP contribution in [-0.4, -0.2) is 25.7 Å². The normalized spacial score (nSPS) is 18.7. The molecule has 1 fully saturated rings. The van der Waals surface area contributed by atoms with Crippen LogP contribution in [0.25, 0.3) is 0 Å². The van der Waals surface area contributed by atoms with Crippen LogP contribution in [0.5, 0.6) is 0 Å². The van der Waals surface area contributed by atoms with Crippen LogP contribution in [0.1, 0.15) is 39.5 Å². The molecule has 0 heterocycles. The molecule has 0 amide bonds. The van der Waals surface area contributed by atoms with E-state index in [1.807, 2.05) is 0 Å². The van der Waals surface area contributed by atoms with Crippen molar-refractivity contribution in [2.75, 3.05) is 13.7 Å². The molecular weight excluding hydrogens is 190 g/mol. The minimum absolute atomic E-state index is 0.0237. The largest absolute Gasteiger partial charge is 0.469 e. The third-order valence-electron chi connectivity index (χ3n) is 3.05. The smallest absolute Gasteiger partial charge is 0.309 e. The summed E-state index contributed by atoms with van der Waals surface area (Å²) in [5, 5.41) is 3.44. The second kappa shape index (κ2) is 6.11. The SMILES string of the molecule is COC(=O)C(CNC1CCC1)CC(C)C. The van der Waals surface area contributed by atoms with E-state index in [1.165, 1.54) is 26.4 Å². The van der Waals surface area contributed by atoms with E-state index in [2.05, 4.69) is 19.2 Å². The first-order chi connectivity index (χ1) is 7.13. The molecular formula is C12H23NO2. The van der Waals surface area contributed by atoms with Crippen molar-refractivity contribution in [3.8, 4) is 0 Å². The first-order valence-corrected chi connectivity index (χ1v) is 5.94. The number of methoxy groups -OCH3 is 1. The molecule has 0 aliphatic heterocycles. The summed E-state index contributed by atoms with van der Waals surface area (Å²) in [6.45, 7) is 5.05. The van der Waals surface area contributed by atoms with Crippen LogP contribution >= 0.6 is 0 Å². The fourth-order valence-electron chi connectivity index (χ4n) is 1.92. The summed E-state index contributed by atoms with van der Waals surface area (Å²) < 4.78 is 4.82. The minimum atomic E-state index is -0.0736. The summed E-state index contributed by atoms with van der Waals surface area (Å²) in [4.78, 5) is 11.5. The van der Waals surface area contributed by atoms with Gasteiger partial charge < -0.3 is 10.1 Å². The maximum Gasteiger partial charge on any atom is 0.309 e. The third kappa shape index (κ3) is 4.20. The maximum atomic E-state index is 11.5. The predicted octanol–water partition coefficient (Wildman–Crippen LogP) is 1.96. The molecule has 0 aromatic rings. The van der Waals surface area contributed by atoms with Crippen molar-refractivity contribution in [2.45, 2.75) is 45.6 Å². The fraction of sp³-hybridized carbons (Fsp3) is 0.917. The highest BCUT2D eigenvalue weighted by atomic mass is 16.5. The molecule has 88 valence electrons. The monoisotopic (exact) mass is 213 g/mol. The van der Waals surface area contributed by atoms with E-state index in [9.17, 15) is 4.79 Å². The van der Waals surface area contributed by atoms with Gasteiger partial charge in [0.05, 0.1) is 13.0 Å². The predicted molar refractivity (Wildman–Crippen MR) is 60.6 cm³/mol. The lowest BCUT2D eigenvalue weighted by Gasteiger charge is -2.28. The summed E-state index contributed by atoms with van der Waals surface area (Å²) in [5.41, 5.74) is 0. The highest BCUT2D eigenvalue weighted by Gasteiger charge is 2.23. The summed E-state index contributed by atoms with van der Waals surface area (Å²) in [6.07, 6.45) is 4.75. The summed E-state index contributed by atoms with van der Waals surface area (Å²) in [5.74, 6) is 0.489. The fourth-order valence-corrected chi connectivity index (χ4v) is 1.92. The lowest BCUT2D eigenvalue weighted by Crippen LogP contribution is -2.40. The standard InChI is InChI=1S/C12H23NO2/c1-9(2)7-10(12(14)15-3)8-13-11-5-4-6-11/h9-11,13H,4-8H2,1-3H3. The summed E-state index contributed by atoms with van der Waals surface area (Å²) in [7, 11) is 1.47. The van der Waals surface area contributed by atoms with E-state index in [-0.39, 0.29) is 11.9 Å². The van der Waals surface area contributed by atoms with Gasteiger partial charge in [0, 0.05) is 12.6 Å². The van der Waals surface area contributed by atoms with Crippen LogP contribution in [0.3, 0.4) is 0 Å². The average molecular weight is 213 g/mol. The Morgan fingerprint density at radius 1 is 1.47 bits per heavy atom. The first kappa shape index (κ1) is 12.5. The Bertz CT molecular complexity index is 200. The Morgan fingerprint density at radius 3 is 2.53 bits per heavy atom. The van der Waals surface area contributed by atoms with Crippen LogP contribution in [0, 0.1) is 11.8 Å². The number of carbonyl (C=O) groups is 1. The summed E-state index contributed by atoms with van der Waals surface area (Å²) in [6, 6.07) is 0.643. The van der Waals surface area contributed by atoms with Gasteiger partial charge in [-0.1, -0.05) is 20.3 Å². The van der Waals surface area contributed by atoms with Gasteiger partial charge in [0.15, 0.2) is 0 Å². The van der Waals surface area contributed by atoms with Gasteiger partial charge in [-0.05, 0) is 25.2 Å². The Hall–Kier alpha value is -0.570. The van der Waals surface area contributed by atoms with Gasteiger partial charge in [-0.2, -0.15) is 0 Å². The Kier molecular flexibility index (Phi) is 5.09. The molecule has 0 spiro atoms. The number of nitrogens with one attached hydrogen (secondary N) is 1. The average Bonchev–Trinajstić information content (AvgIpc) is 2.12. The van der Waals surface area contributed by atoms with E-state index in [0.29, 0.717) is 12.0 Å². The molecule has 1 atom stereocenters. The van der Waals surface area contributed by atoms with E-state index < -0.39 is 0 Å². The molecule has 3 heteroatoms. The molecule has 15 heavy (non-hydrogen) atoms. The van der Waals surface area contributed by atoms with Crippen LogP contribution in [0.15, 0.2) is 0 Å². The Morgan fingerprint density at radius 2 is 2.13 bits per heavy atom. The van der Waals surface area contributed by atoms with Crippen molar-refractivity contribution in [1.82, 2.24) is 5.32 Å². The molecule has 0 bridgehead atoms.